The molecule has 1 heterocycles. The molecule has 0 unspecified atom stereocenters. The van der Waals surface area contributed by atoms with Crippen LogP contribution in [0.1, 0.15) is 19.4 Å². The van der Waals surface area contributed by atoms with Gasteiger partial charge in [-0.15, -0.1) is 0 Å². The molecule has 6 heteroatoms. The smallest absolute Gasteiger partial charge is 0.347 e. The van der Waals surface area contributed by atoms with Gasteiger partial charge in [-0.2, -0.15) is 0 Å². The van der Waals surface area contributed by atoms with Gasteiger partial charge in [0.25, 0.3) is 0 Å². The van der Waals surface area contributed by atoms with Crippen LogP contribution in [0.25, 0.3) is 22.3 Å². The van der Waals surface area contributed by atoms with Crippen molar-refractivity contribution in [3.63, 3.8) is 0 Å². The largest absolute Gasteiger partial charge is 0.497 e. The maximum atomic E-state index is 13.1. The Hall–Kier alpha value is -3.28. The van der Waals surface area contributed by atoms with Crippen LogP contribution in [0.2, 0.25) is 0 Å². The van der Waals surface area contributed by atoms with Gasteiger partial charge in [0, 0.05) is 5.56 Å². The number of benzene rings is 2. The Morgan fingerprint density at radius 2 is 1.86 bits per heavy atom. The molecule has 6 nitrogen and oxygen atoms in total. The van der Waals surface area contributed by atoms with E-state index in [1.807, 2.05) is 13.0 Å². The molecule has 0 radical (unpaired) electrons. The van der Waals surface area contributed by atoms with Crippen molar-refractivity contribution in [3.05, 3.63) is 58.3 Å². The molecular formula is C22H22O6. The predicted octanol–water partition coefficient (Wildman–Crippen LogP) is 4.11. The highest BCUT2D eigenvalue weighted by molar-refractivity contribution is 5.83. The first-order valence-electron chi connectivity index (χ1n) is 8.99. The molecule has 0 saturated heterocycles. The average molecular weight is 382 g/mol. The first-order chi connectivity index (χ1) is 13.4. The molecule has 0 spiro atoms. The SMILES string of the molecule is CCOC(=O)[C@@H](C)Oc1c(-c2ccc(OC)cc2)oc2cc(C)ccc2c1=O. The van der Waals surface area contributed by atoms with Gasteiger partial charge < -0.3 is 18.6 Å². The van der Waals surface area contributed by atoms with Gasteiger partial charge in [-0.05, 0) is 62.7 Å². The number of aryl methyl sites for hydroxylation is 1. The summed E-state index contributed by atoms with van der Waals surface area (Å²) in [6, 6.07) is 12.4. The van der Waals surface area contributed by atoms with Crippen molar-refractivity contribution in [3.8, 4) is 22.8 Å². The molecular weight excluding hydrogens is 360 g/mol. The molecule has 0 aliphatic heterocycles. The summed E-state index contributed by atoms with van der Waals surface area (Å²) in [6.45, 7) is 5.39. The summed E-state index contributed by atoms with van der Waals surface area (Å²) < 4.78 is 21.9. The van der Waals surface area contributed by atoms with E-state index < -0.39 is 12.1 Å². The summed E-state index contributed by atoms with van der Waals surface area (Å²) in [7, 11) is 1.57. The second kappa shape index (κ2) is 8.17. The van der Waals surface area contributed by atoms with Crippen molar-refractivity contribution in [2.75, 3.05) is 13.7 Å². The van der Waals surface area contributed by atoms with Crippen molar-refractivity contribution in [1.82, 2.24) is 0 Å². The lowest BCUT2D eigenvalue weighted by molar-refractivity contribution is -0.150. The number of carbonyl (C=O) groups excluding carboxylic acids is 1. The van der Waals surface area contributed by atoms with Crippen molar-refractivity contribution in [2.24, 2.45) is 0 Å². The molecule has 3 rings (SSSR count). The second-order valence-corrected chi connectivity index (χ2v) is 6.33. The highest BCUT2D eigenvalue weighted by Gasteiger charge is 2.23. The number of ether oxygens (including phenoxy) is 3. The monoisotopic (exact) mass is 382 g/mol. The van der Waals surface area contributed by atoms with E-state index in [2.05, 4.69) is 0 Å². The van der Waals surface area contributed by atoms with E-state index >= 15 is 0 Å². The normalized spacial score (nSPS) is 11.9. The zero-order chi connectivity index (χ0) is 20.3. The number of methoxy groups -OCH3 is 1. The molecule has 1 aromatic heterocycles. The first kappa shape index (κ1) is 19.5. The number of rotatable bonds is 6. The molecule has 0 fully saturated rings. The summed E-state index contributed by atoms with van der Waals surface area (Å²) in [5, 5.41) is 0.383. The Balaban J connectivity index is 2.17. The van der Waals surface area contributed by atoms with E-state index in [1.165, 1.54) is 6.92 Å². The fourth-order valence-corrected chi connectivity index (χ4v) is 2.81. The Morgan fingerprint density at radius 3 is 2.50 bits per heavy atom. The second-order valence-electron chi connectivity index (χ2n) is 6.33. The Labute approximate surface area is 162 Å². The average Bonchev–Trinajstić information content (AvgIpc) is 2.70. The van der Waals surface area contributed by atoms with Crippen LogP contribution in [0.15, 0.2) is 51.7 Å². The summed E-state index contributed by atoms with van der Waals surface area (Å²) in [4.78, 5) is 25.1. The lowest BCUT2D eigenvalue weighted by Crippen LogP contribution is -2.28. The van der Waals surface area contributed by atoms with Gasteiger partial charge in [-0.25, -0.2) is 4.79 Å². The lowest BCUT2D eigenvalue weighted by Gasteiger charge is -2.16. The summed E-state index contributed by atoms with van der Waals surface area (Å²) in [6.07, 6.45) is -0.956. The van der Waals surface area contributed by atoms with Gasteiger partial charge in [0.05, 0.1) is 19.1 Å². The standard InChI is InChI=1S/C22H22O6/c1-5-26-22(24)14(3)27-21-19(23)17-11-6-13(2)12-18(17)28-20(21)15-7-9-16(25-4)10-8-15/h6-12,14H,5H2,1-4H3/t14-/m1/s1. The van der Waals surface area contributed by atoms with Crippen LogP contribution in [-0.2, 0) is 9.53 Å². The number of fused-ring (bicyclic) bond motifs is 1. The zero-order valence-corrected chi connectivity index (χ0v) is 16.3. The highest BCUT2D eigenvalue weighted by Crippen LogP contribution is 2.32. The van der Waals surface area contributed by atoms with Crippen LogP contribution in [0, 0.1) is 6.92 Å². The lowest BCUT2D eigenvalue weighted by atomic mass is 10.1. The number of esters is 1. The molecule has 3 aromatic rings. The molecule has 2 aromatic carbocycles. The van der Waals surface area contributed by atoms with E-state index in [1.54, 1.807) is 50.4 Å². The molecule has 0 N–H and O–H groups in total. The molecule has 28 heavy (non-hydrogen) atoms. The fraction of sp³-hybridized carbons (Fsp3) is 0.273. The van der Waals surface area contributed by atoms with Crippen molar-refractivity contribution in [1.29, 1.82) is 0 Å². The van der Waals surface area contributed by atoms with Crippen LogP contribution in [0.5, 0.6) is 11.5 Å². The number of hydrogen-bond acceptors (Lipinski definition) is 6. The number of carbonyl (C=O) groups is 1. The van der Waals surface area contributed by atoms with Crippen molar-refractivity contribution in [2.45, 2.75) is 26.9 Å². The summed E-state index contributed by atoms with van der Waals surface area (Å²) >= 11 is 0. The fourth-order valence-electron chi connectivity index (χ4n) is 2.81. The van der Waals surface area contributed by atoms with Crippen molar-refractivity contribution >= 4 is 16.9 Å². The van der Waals surface area contributed by atoms with Gasteiger partial charge in [-0.3, -0.25) is 4.79 Å². The number of hydrogen-bond donors (Lipinski definition) is 0. The van der Waals surface area contributed by atoms with Crippen LogP contribution >= 0.6 is 0 Å². The quantitative estimate of drug-likeness (QED) is 0.597. The minimum Gasteiger partial charge on any atom is -0.497 e. The first-order valence-corrected chi connectivity index (χ1v) is 8.99. The van der Waals surface area contributed by atoms with Gasteiger partial charge in [0.1, 0.15) is 11.3 Å². The minimum absolute atomic E-state index is 0.0259. The van der Waals surface area contributed by atoms with Crippen LogP contribution in [0.3, 0.4) is 0 Å². The molecule has 0 aliphatic carbocycles. The third kappa shape index (κ3) is 3.86. The Bertz CT molecular complexity index is 1050. The minimum atomic E-state index is -0.956. The Morgan fingerprint density at radius 1 is 1.14 bits per heavy atom. The summed E-state index contributed by atoms with van der Waals surface area (Å²) in [5.74, 6) is 0.348. The third-order valence-electron chi connectivity index (χ3n) is 4.27. The molecule has 0 amide bonds. The molecule has 0 bridgehead atoms. The molecule has 146 valence electrons. The molecule has 0 aliphatic rings. The van der Waals surface area contributed by atoms with Crippen LogP contribution < -0.4 is 14.9 Å². The van der Waals surface area contributed by atoms with E-state index in [9.17, 15) is 9.59 Å². The van der Waals surface area contributed by atoms with Gasteiger partial charge in [0.15, 0.2) is 11.9 Å². The third-order valence-corrected chi connectivity index (χ3v) is 4.27. The van der Waals surface area contributed by atoms with E-state index in [-0.39, 0.29) is 23.5 Å². The molecule has 0 saturated carbocycles. The van der Waals surface area contributed by atoms with Crippen LogP contribution in [-0.4, -0.2) is 25.8 Å². The molecule has 1 atom stereocenters. The predicted molar refractivity (Wildman–Crippen MR) is 106 cm³/mol. The van der Waals surface area contributed by atoms with Gasteiger partial charge in [0.2, 0.25) is 11.2 Å². The maximum Gasteiger partial charge on any atom is 0.347 e. The highest BCUT2D eigenvalue weighted by atomic mass is 16.6. The topological polar surface area (TPSA) is 75.0 Å². The Kier molecular flexibility index (Phi) is 5.68. The van der Waals surface area contributed by atoms with Crippen LogP contribution in [0.4, 0.5) is 0 Å². The van der Waals surface area contributed by atoms with Gasteiger partial charge >= 0.3 is 5.97 Å². The van der Waals surface area contributed by atoms with E-state index in [0.29, 0.717) is 22.3 Å². The summed E-state index contributed by atoms with van der Waals surface area (Å²) in [5.41, 5.74) is 1.70. The van der Waals surface area contributed by atoms with Gasteiger partial charge in [-0.1, -0.05) is 6.07 Å². The maximum absolute atomic E-state index is 13.1. The van der Waals surface area contributed by atoms with E-state index in [4.69, 9.17) is 18.6 Å². The zero-order valence-electron chi connectivity index (χ0n) is 16.3. The van der Waals surface area contributed by atoms with Crippen molar-refractivity contribution < 1.29 is 23.4 Å². The van der Waals surface area contributed by atoms with E-state index in [0.717, 1.165) is 5.56 Å².